The summed E-state index contributed by atoms with van der Waals surface area (Å²) in [6.07, 6.45) is 2.12. The average molecular weight is 569 g/mol. The van der Waals surface area contributed by atoms with E-state index in [0.717, 1.165) is 40.8 Å². The number of benzene rings is 4. The zero-order valence-corrected chi connectivity index (χ0v) is 23.3. The van der Waals surface area contributed by atoms with Gasteiger partial charge >= 0.3 is 5.69 Å². The van der Waals surface area contributed by atoms with Crippen LogP contribution in [0.3, 0.4) is 0 Å². The van der Waals surface area contributed by atoms with Gasteiger partial charge in [-0.1, -0.05) is 65.7 Å². The van der Waals surface area contributed by atoms with E-state index in [1.165, 1.54) is 5.56 Å². The number of carbonyl (C=O) groups is 1. The number of hydrogen-bond acceptors (Lipinski definition) is 3. The number of nitrogens with zero attached hydrogens (tertiary/aromatic N) is 2. The molecule has 0 bridgehead atoms. The first-order valence-corrected chi connectivity index (χ1v) is 13.8. The average Bonchev–Trinajstić information content (AvgIpc) is 3.29. The fourth-order valence-corrected chi connectivity index (χ4v) is 5.74. The van der Waals surface area contributed by atoms with Crippen LogP contribution in [0.4, 0.5) is 5.69 Å². The Hall–Kier alpha value is -4.13. The van der Waals surface area contributed by atoms with E-state index in [0.29, 0.717) is 33.2 Å². The summed E-state index contributed by atoms with van der Waals surface area (Å²) in [5.41, 5.74) is 7.48. The number of rotatable bonds is 6. The smallest absolute Gasteiger partial charge is 0.313 e. The lowest BCUT2D eigenvalue weighted by Gasteiger charge is -2.20. The maximum absolute atomic E-state index is 13.7. The van der Waals surface area contributed by atoms with Gasteiger partial charge in [-0.3, -0.25) is 9.79 Å². The van der Waals surface area contributed by atoms with Crippen molar-refractivity contribution in [1.29, 1.82) is 0 Å². The molecule has 6 nitrogen and oxygen atoms in total. The maximum atomic E-state index is 13.7. The number of fused-ring (bicyclic) bond motifs is 2. The largest absolute Gasteiger partial charge is 0.323 e. The van der Waals surface area contributed by atoms with E-state index in [-0.39, 0.29) is 11.6 Å². The van der Waals surface area contributed by atoms with E-state index in [1.54, 1.807) is 18.0 Å². The number of aromatic amines is 2. The number of H-pyrrole nitrogens is 2. The Morgan fingerprint density at radius 1 is 0.800 bits per heavy atom. The first kappa shape index (κ1) is 26.1. The van der Waals surface area contributed by atoms with E-state index in [9.17, 15) is 9.59 Å². The van der Waals surface area contributed by atoms with Crippen LogP contribution in [0, 0.1) is 0 Å². The quantitative estimate of drug-likeness (QED) is 0.230. The van der Waals surface area contributed by atoms with E-state index in [1.807, 2.05) is 60.7 Å². The minimum Gasteiger partial charge on any atom is -0.313 e. The summed E-state index contributed by atoms with van der Waals surface area (Å²) >= 11 is 12.7. The SMILES string of the molecule is CN1C(=O)C(CCCc2ccccc2-c2cccc(Cl)c2)N=C(c2ccc3[nH]c(=O)[nH]c3c2)c2cc(Cl)ccc21. The van der Waals surface area contributed by atoms with Crippen molar-refractivity contribution in [1.82, 2.24) is 9.97 Å². The molecule has 2 N–H and O–H groups in total. The van der Waals surface area contributed by atoms with Gasteiger partial charge in [0.1, 0.15) is 6.04 Å². The van der Waals surface area contributed by atoms with Crippen molar-refractivity contribution in [3.8, 4) is 11.1 Å². The van der Waals surface area contributed by atoms with Gasteiger partial charge in [0.05, 0.1) is 22.4 Å². The fraction of sp³-hybridized carbons (Fsp3) is 0.156. The monoisotopic (exact) mass is 568 g/mol. The van der Waals surface area contributed by atoms with Crippen molar-refractivity contribution in [2.45, 2.75) is 25.3 Å². The number of amides is 1. The predicted molar refractivity (Wildman–Crippen MR) is 163 cm³/mol. The zero-order chi connectivity index (χ0) is 27.8. The molecule has 0 radical (unpaired) electrons. The topological polar surface area (TPSA) is 81.3 Å². The highest BCUT2D eigenvalue weighted by Crippen LogP contribution is 2.32. The van der Waals surface area contributed by atoms with Crippen molar-refractivity contribution in [3.63, 3.8) is 0 Å². The summed E-state index contributed by atoms with van der Waals surface area (Å²) in [6, 6.07) is 26.7. The molecule has 1 aliphatic heterocycles. The molecule has 0 saturated heterocycles. The Morgan fingerprint density at radius 3 is 2.45 bits per heavy atom. The molecule has 0 spiro atoms. The summed E-state index contributed by atoms with van der Waals surface area (Å²) < 4.78 is 0. The normalized spacial score (nSPS) is 15.2. The Balaban J connectivity index is 1.34. The summed E-state index contributed by atoms with van der Waals surface area (Å²) in [4.78, 5) is 37.8. The summed E-state index contributed by atoms with van der Waals surface area (Å²) in [5, 5.41) is 1.25. The first-order chi connectivity index (χ1) is 19.4. The molecule has 8 heteroatoms. The lowest BCUT2D eigenvalue weighted by molar-refractivity contribution is -0.119. The fourth-order valence-electron chi connectivity index (χ4n) is 5.37. The molecular formula is C32H26Cl2N4O2. The number of likely N-dealkylation sites (N-methyl/N-ethyl adjacent to an activating group) is 1. The number of hydrogen-bond donors (Lipinski definition) is 2. The highest BCUT2D eigenvalue weighted by Gasteiger charge is 2.30. The number of halogens is 2. The Bertz CT molecular complexity index is 1840. The van der Waals surface area contributed by atoms with Crippen LogP contribution < -0.4 is 10.6 Å². The molecule has 1 amide bonds. The van der Waals surface area contributed by atoms with Gasteiger partial charge in [-0.25, -0.2) is 4.79 Å². The lowest BCUT2D eigenvalue weighted by atomic mass is 9.95. The maximum Gasteiger partial charge on any atom is 0.323 e. The number of nitrogens with one attached hydrogen (secondary N) is 2. The minimum atomic E-state index is -0.578. The molecule has 200 valence electrons. The van der Waals surface area contributed by atoms with E-state index >= 15 is 0 Å². The Morgan fingerprint density at radius 2 is 1.60 bits per heavy atom. The Kier molecular flexibility index (Phi) is 7.05. The van der Waals surface area contributed by atoms with Crippen LogP contribution in [0.1, 0.15) is 29.5 Å². The van der Waals surface area contributed by atoms with Gasteiger partial charge in [-0.15, -0.1) is 0 Å². The van der Waals surface area contributed by atoms with E-state index in [2.05, 4.69) is 28.2 Å². The van der Waals surface area contributed by atoms with Gasteiger partial charge in [-0.2, -0.15) is 0 Å². The molecule has 2 heterocycles. The molecule has 1 aliphatic rings. The molecule has 4 aromatic carbocycles. The van der Waals surface area contributed by atoms with Crippen LogP contribution in [-0.4, -0.2) is 34.7 Å². The number of benzodiazepines with no additional fused rings is 1. The molecule has 6 rings (SSSR count). The highest BCUT2D eigenvalue weighted by atomic mass is 35.5. The number of anilines is 1. The van der Waals surface area contributed by atoms with Crippen LogP contribution >= 0.6 is 23.2 Å². The second-order valence-electron chi connectivity index (χ2n) is 9.95. The number of aliphatic imine (C=N–C) groups is 1. The molecule has 1 unspecified atom stereocenters. The zero-order valence-electron chi connectivity index (χ0n) is 21.7. The predicted octanol–water partition coefficient (Wildman–Crippen LogP) is 7.04. The molecule has 0 fully saturated rings. The van der Waals surface area contributed by atoms with Gasteiger partial charge < -0.3 is 14.9 Å². The van der Waals surface area contributed by atoms with Crippen molar-refractivity contribution < 1.29 is 4.79 Å². The summed E-state index contributed by atoms with van der Waals surface area (Å²) in [6.45, 7) is 0. The van der Waals surface area contributed by atoms with Crippen LogP contribution in [0.25, 0.3) is 22.2 Å². The molecular weight excluding hydrogens is 543 g/mol. The number of aromatic nitrogens is 2. The minimum absolute atomic E-state index is 0.0715. The van der Waals surface area contributed by atoms with E-state index < -0.39 is 6.04 Å². The van der Waals surface area contributed by atoms with Crippen LogP contribution in [0.15, 0.2) is 94.7 Å². The second kappa shape index (κ2) is 10.8. The molecule has 0 saturated carbocycles. The van der Waals surface area contributed by atoms with Crippen LogP contribution in [-0.2, 0) is 11.2 Å². The Labute approximate surface area is 241 Å². The third-order valence-electron chi connectivity index (χ3n) is 7.34. The lowest BCUT2D eigenvalue weighted by Crippen LogP contribution is -2.34. The summed E-state index contributed by atoms with van der Waals surface area (Å²) in [7, 11) is 1.78. The third kappa shape index (κ3) is 5.08. The van der Waals surface area contributed by atoms with Crippen molar-refractivity contribution >= 4 is 51.5 Å². The van der Waals surface area contributed by atoms with Crippen molar-refractivity contribution in [3.05, 3.63) is 122 Å². The highest BCUT2D eigenvalue weighted by molar-refractivity contribution is 6.32. The molecule has 5 aromatic rings. The third-order valence-corrected chi connectivity index (χ3v) is 7.81. The van der Waals surface area contributed by atoms with Crippen molar-refractivity contribution in [2.24, 2.45) is 4.99 Å². The first-order valence-electron chi connectivity index (χ1n) is 13.1. The van der Waals surface area contributed by atoms with Crippen LogP contribution in [0.2, 0.25) is 10.0 Å². The van der Waals surface area contributed by atoms with Crippen LogP contribution in [0.5, 0.6) is 0 Å². The number of imidazole rings is 1. The van der Waals surface area contributed by atoms with Crippen molar-refractivity contribution in [2.75, 3.05) is 11.9 Å². The second-order valence-corrected chi connectivity index (χ2v) is 10.8. The molecule has 0 aliphatic carbocycles. The van der Waals surface area contributed by atoms with Gasteiger partial charge in [0.2, 0.25) is 0 Å². The molecule has 40 heavy (non-hydrogen) atoms. The van der Waals surface area contributed by atoms with Gasteiger partial charge in [0.25, 0.3) is 5.91 Å². The van der Waals surface area contributed by atoms with E-state index in [4.69, 9.17) is 28.2 Å². The number of aryl methyl sites for hydroxylation is 1. The van der Waals surface area contributed by atoms with Gasteiger partial charge in [0, 0.05) is 28.2 Å². The van der Waals surface area contributed by atoms with Gasteiger partial charge in [0.15, 0.2) is 0 Å². The standard InChI is InChI=1S/C32H26Cl2N4O2/c1-38-29-15-13-23(34)18-25(29)30(21-12-14-26-28(17-21)37-32(40)36-26)35-27(31(38)39)11-5-7-19-6-2-3-10-24(19)20-8-4-9-22(33)16-20/h2-4,6,8-10,12-18,27H,5,7,11H2,1H3,(H2,36,37,40). The summed E-state index contributed by atoms with van der Waals surface area (Å²) in [5.74, 6) is -0.0715. The number of carbonyl (C=O) groups excluding carboxylic acids is 1. The molecule has 1 atom stereocenters. The van der Waals surface area contributed by atoms with Gasteiger partial charge in [-0.05, 0) is 78.4 Å². The molecule has 1 aromatic heterocycles.